The Morgan fingerprint density at radius 3 is 2.00 bits per heavy atom. The van der Waals surface area contributed by atoms with Gasteiger partial charge in [0.2, 0.25) is 0 Å². The molecule has 0 bridgehead atoms. The normalized spacial score (nSPS) is 10.2. The van der Waals surface area contributed by atoms with Crippen LogP contribution in [0.3, 0.4) is 0 Å². The van der Waals surface area contributed by atoms with Gasteiger partial charge in [-0.3, -0.25) is 9.59 Å². The summed E-state index contributed by atoms with van der Waals surface area (Å²) in [6.07, 6.45) is 6.62. The molecular weight excluding hydrogens is 212 g/mol. The average Bonchev–Trinajstić information content (AvgIpc) is 2.15. The Kier molecular flexibility index (Phi) is 9.68. The van der Waals surface area contributed by atoms with Crippen molar-refractivity contribution >= 4 is 24.4 Å². The zero-order chi connectivity index (χ0) is 11.5. The van der Waals surface area contributed by atoms with Crippen LogP contribution >= 0.6 is 12.6 Å². The summed E-state index contributed by atoms with van der Waals surface area (Å²) in [5, 5.41) is 8.36. The lowest BCUT2D eigenvalue weighted by molar-refractivity contribution is -0.140. The first kappa shape index (κ1) is 14.5. The fourth-order valence-electron chi connectivity index (χ4n) is 1.40. The number of thiol groups is 1. The van der Waals surface area contributed by atoms with E-state index in [1.54, 1.807) is 0 Å². The van der Waals surface area contributed by atoms with Crippen molar-refractivity contribution in [2.24, 2.45) is 0 Å². The highest BCUT2D eigenvalue weighted by Gasteiger charge is 2.06. The third kappa shape index (κ3) is 11.4. The molecule has 0 spiro atoms. The zero-order valence-electron chi connectivity index (χ0n) is 9.07. The quantitative estimate of drug-likeness (QED) is 0.346. The van der Waals surface area contributed by atoms with E-state index in [0.717, 1.165) is 31.4 Å². The summed E-state index contributed by atoms with van der Waals surface area (Å²) in [5.41, 5.74) is 0. The molecule has 0 amide bonds. The molecule has 0 aromatic rings. The van der Waals surface area contributed by atoms with Gasteiger partial charge in [0.15, 0.2) is 0 Å². The Hall–Kier alpha value is -0.510. The first-order chi connectivity index (χ1) is 7.16. The lowest BCUT2D eigenvalue weighted by Crippen LogP contribution is -2.05. The predicted octanol–water partition coefficient (Wildman–Crippen LogP) is 2.69. The number of hydrogen-bond acceptors (Lipinski definition) is 3. The smallest absolute Gasteiger partial charge is 0.310 e. The van der Waals surface area contributed by atoms with Crippen molar-refractivity contribution in [3.63, 3.8) is 0 Å². The molecule has 0 saturated carbocycles. The first-order valence-electron chi connectivity index (χ1n) is 5.51. The number of ketones is 1. The Balaban J connectivity index is 3.16. The van der Waals surface area contributed by atoms with Crippen molar-refractivity contribution in [2.45, 2.75) is 51.4 Å². The van der Waals surface area contributed by atoms with Crippen LogP contribution in [0.5, 0.6) is 0 Å². The van der Waals surface area contributed by atoms with Crippen LogP contribution in [0.1, 0.15) is 51.4 Å². The summed E-state index contributed by atoms with van der Waals surface area (Å²) >= 11 is 4.12. The molecule has 0 aliphatic carbocycles. The van der Waals surface area contributed by atoms with Gasteiger partial charge in [0.05, 0.1) is 0 Å². The summed E-state index contributed by atoms with van der Waals surface area (Å²) in [4.78, 5) is 21.2. The molecule has 88 valence electrons. The minimum Gasteiger partial charge on any atom is -0.481 e. The molecule has 0 aromatic carbocycles. The maximum absolute atomic E-state index is 11.0. The zero-order valence-corrected chi connectivity index (χ0v) is 9.97. The summed E-state index contributed by atoms with van der Waals surface area (Å²) in [5.74, 6) is -0.233. The van der Waals surface area contributed by atoms with Gasteiger partial charge in [-0.1, -0.05) is 25.7 Å². The van der Waals surface area contributed by atoms with Crippen molar-refractivity contribution in [3.05, 3.63) is 0 Å². The van der Waals surface area contributed by atoms with Crippen molar-refractivity contribution in [2.75, 3.05) is 5.75 Å². The van der Waals surface area contributed by atoms with Crippen LogP contribution in [0.15, 0.2) is 0 Å². The van der Waals surface area contributed by atoms with Gasteiger partial charge in [-0.25, -0.2) is 0 Å². The second-order valence-corrected chi connectivity index (χ2v) is 4.15. The van der Waals surface area contributed by atoms with E-state index >= 15 is 0 Å². The van der Waals surface area contributed by atoms with E-state index in [4.69, 9.17) is 5.11 Å². The van der Waals surface area contributed by atoms with Crippen molar-refractivity contribution in [3.8, 4) is 0 Å². The van der Waals surface area contributed by atoms with Crippen molar-refractivity contribution in [1.29, 1.82) is 0 Å². The predicted molar refractivity (Wildman–Crippen MR) is 63.4 cm³/mol. The van der Waals surface area contributed by atoms with Crippen LogP contribution in [-0.4, -0.2) is 22.6 Å². The van der Waals surface area contributed by atoms with Gasteiger partial charge in [-0.05, 0) is 18.6 Å². The van der Waals surface area contributed by atoms with Crippen LogP contribution in [-0.2, 0) is 9.59 Å². The van der Waals surface area contributed by atoms with E-state index in [1.807, 2.05) is 0 Å². The van der Waals surface area contributed by atoms with Gasteiger partial charge in [0, 0.05) is 6.42 Å². The highest BCUT2D eigenvalue weighted by atomic mass is 32.1. The van der Waals surface area contributed by atoms with Crippen molar-refractivity contribution in [1.82, 2.24) is 0 Å². The first-order valence-corrected chi connectivity index (χ1v) is 6.14. The molecule has 0 unspecified atom stereocenters. The van der Waals surface area contributed by atoms with Gasteiger partial charge in [-0.2, -0.15) is 12.6 Å². The summed E-state index contributed by atoms with van der Waals surface area (Å²) in [6.45, 7) is 0. The maximum Gasteiger partial charge on any atom is 0.310 e. The minimum absolute atomic E-state index is 0.155. The van der Waals surface area contributed by atoms with E-state index in [1.165, 1.54) is 12.8 Å². The van der Waals surface area contributed by atoms with Crippen LogP contribution < -0.4 is 0 Å². The standard InChI is InChI=1S/C11H20O3S/c12-10(9-11(13)14)7-5-3-1-2-4-6-8-15/h15H,1-9H2,(H,13,14). The molecule has 0 atom stereocenters. The van der Waals surface area contributed by atoms with Crippen LogP contribution in [0.2, 0.25) is 0 Å². The minimum atomic E-state index is -1.02. The summed E-state index contributed by atoms with van der Waals surface area (Å²) in [6, 6.07) is 0. The number of Topliss-reactive ketones (excluding diaryl/α,β-unsaturated/α-hetero) is 1. The van der Waals surface area contributed by atoms with E-state index < -0.39 is 5.97 Å². The van der Waals surface area contributed by atoms with Gasteiger partial charge >= 0.3 is 5.97 Å². The van der Waals surface area contributed by atoms with Crippen LogP contribution in [0.4, 0.5) is 0 Å². The molecule has 0 aromatic heterocycles. The Bertz CT molecular complexity index is 192. The fraction of sp³-hybridized carbons (Fsp3) is 0.818. The Morgan fingerprint density at radius 2 is 1.47 bits per heavy atom. The number of hydrogen-bond donors (Lipinski definition) is 2. The average molecular weight is 232 g/mol. The Morgan fingerprint density at radius 1 is 0.933 bits per heavy atom. The van der Waals surface area contributed by atoms with E-state index in [-0.39, 0.29) is 12.2 Å². The molecule has 0 aliphatic rings. The van der Waals surface area contributed by atoms with Crippen molar-refractivity contribution < 1.29 is 14.7 Å². The highest BCUT2D eigenvalue weighted by Crippen LogP contribution is 2.08. The largest absolute Gasteiger partial charge is 0.481 e. The number of aliphatic carboxylic acids is 1. The van der Waals surface area contributed by atoms with Gasteiger partial charge in [-0.15, -0.1) is 0 Å². The molecule has 0 radical (unpaired) electrons. The lowest BCUT2D eigenvalue weighted by atomic mass is 10.1. The topological polar surface area (TPSA) is 54.4 Å². The Labute approximate surface area is 96.7 Å². The molecule has 15 heavy (non-hydrogen) atoms. The third-order valence-corrected chi connectivity index (χ3v) is 2.53. The number of carbonyl (C=O) groups is 2. The number of carbonyl (C=O) groups excluding carboxylic acids is 1. The third-order valence-electron chi connectivity index (χ3n) is 2.21. The molecule has 0 aliphatic heterocycles. The van der Waals surface area contributed by atoms with Gasteiger partial charge in [0.25, 0.3) is 0 Å². The van der Waals surface area contributed by atoms with Gasteiger partial charge in [0.1, 0.15) is 12.2 Å². The number of carboxylic acid groups (broad SMARTS) is 1. The second kappa shape index (κ2) is 10.0. The lowest BCUT2D eigenvalue weighted by Gasteiger charge is -2.00. The molecule has 3 nitrogen and oxygen atoms in total. The molecular formula is C11H20O3S. The number of rotatable bonds is 10. The molecule has 0 fully saturated rings. The maximum atomic E-state index is 11.0. The number of carboxylic acids is 1. The second-order valence-electron chi connectivity index (χ2n) is 3.70. The van der Waals surface area contributed by atoms with Crippen LogP contribution in [0.25, 0.3) is 0 Å². The summed E-state index contributed by atoms with van der Waals surface area (Å²) < 4.78 is 0. The van der Waals surface area contributed by atoms with E-state index in [9.17, 15) is 9.59 Å². The van der Waals surface area contributed by atoms with E-state index in [2.05, 4.69) is 12.6 Å². The number of unbranched alkanes of at least 4 members (excludes halogenated alkanes) is 5. The molecule has 4 heteroatoms. The molecule has 0 rings (SSSR count). The highest BCUT2D eigenvalue weighted by molar-refractivity contribution is 7.80. The van der Waals surface area contributed by atoms with E-state index in [0.29, 0.717) is 6.42 Å². The summed E-state index contributed by atoms with van der Waals surface area (Å²) in [7, 11) is 0. The SMILES string of the molecule is O=C(O)CC(=O)CCCCCCCCS. The molecule has 0 saturated heterocycles. The monoisotopic (exact) mass is 232 g/mol. The molecule has 1 N–H and O–H groups in total. The van der Waals surface area contributed by atoms with Crippen LogP contribution in [0, 0.1) is 0 Å². The van der Waals surface area contributed by atoms with Gasteiger partial charge < -0.3 is 5.11 Å². The molecule has 0 heterocycles. The fourth-order valence-corrected chi connectivity index (χ4v) is 1.62.